The van der Waals surface area contributed by atoms with Crippen LogP contribution in [0.5, 0.6) is 0 Å². The van der Waals surface area contributed by atoms with Crippen molar-refractivity contribution in [2.45, 2.75) is 6.92 Å². The number of H-pyrrole nitrogens is 1. The number of benzene rings is 1. The zero-order valence-corrected chi connectivity index (χ0v) is 11.0. The molecule has 1 aromatic carbocycles. The Balaban J connectivity index is 2.06. The molecule has 0 saturated carbocycles. The van der Waals surface area contributed by atoms with Gasteiger partial charge in [0.2, 0.25) is 0 Å². The normalized spacial score (nSPS) is 10.7. The highest BCUT2D eigenvalue weighted by molar-refractivity contribution is 6.07. The van der Waals surface area contributed by atoms with E-state index in [2.05, 4.69) is 9.97 Å². The number of carbonyl (C=O) groups excluding carboxylic acids is 2. The average Bonchev–Trinajstić information content (AvgIpc) is 2.98. The highest BCUT2D eigenvalue weighted by Gasteiger charge is 2.07. The maximum absolute atomic E-state index is 11.9. The number of ketones is 1. The van der Waals surface area contributed by atoms with Crippen molar-refractivity contribution in [3.05, 3.63) is 59.7 Å². The summed E-state index contributed by atoms with van der Waals surface area (Å²) in [7, 11) is 0. The van der Waals surface area contributed by atoms with Crippen molar-refractivity contribution in [1.29, 1.82) is 0 Å². The third-order valence-corrected chi connectivity index (χ3v) is 2.59. The van der Waals surface area contributed by atoms with Crippen molar-refractivity contribution in [2.75, 3.05) is 6.61 Å². The predicted octanol–water partition coefficient (Wildman–Crippen LogP) is 2.48. The molecule has 102 valence electrons. The molecule has 0 radical (unpaired) electrons. The lowest BCUT2D eigenvalue weighted by Crippen LogP contribution is -2.05. The molecule has 1 aromatic heterocycles. The second-order valence-electron chi connectivity index (χ2n) is 3.97. The van der Waals surface area contributed by atoms with Gasteiger partial charge in [-0.2, -0.15) is 0 Å². The van der Waals surface area contributed by atoms with Crippen LogP contribution in [0.1, 0.15) is 33.5 Å². The minimum atomic E-state index is -0.391. The van der Waals surface area contributed by atoms with Crippen LogP contribution in [0, 0.1) is 0 Å². The standard InChI is InChI=1S/C15H14N2O3/c1-2-20-15(19)12-5-3-11(4-6-12)13(18)7-8-14-16-9-10-17-14/h3-10H,2H2,1H3,(H,16,17). The average molecular weight is 270 g/mol. The summed E-state index contributed by atoms with van der Waals surface area (Å²) in [6.07, 6.45) is 6.32. The van der Waals surface area contributed by atoms with E-state index in [4.69, 9.17) is 4.74 Å². The molecule has 0 bridgehead atoms. The zero-order chi connectivity index (χ0) is 14.4. The van der Waals surface area contributed by atoms with Crippen molar-refractivity contribution in [2.24, 2.45) is 0 Å². The summed E-state index contributed by atoms with van der Waals surface area (Å²) in [5.74, 6) is 0.0657. The van der Waals surface area contributed by atoms with Crippen LogP contribution in [0.15, 0.2) is 42.7 Å². The van der Waals surface area contributed by atoms with Crippen LogP contribution < -0.4 is 0 Å². The fourth-order valence-electron chi connectivity index (χ4n) is 1.60. The van der Waals surface area contributed by atoms with E-state index in [1.54, 1.807) is 49.7 Å². The number of esters is 1. The van der Waals surface area contributed by atoms with Crippen LogP contribution in [-0.2, 0) is 4.74 Å². The number of hydrogen-bond acceptors (Lipinski definition) is 4. The smallest absolute Gasteiger partial charge is 0.338 e. The van der Waals surface area contributed by atoms with Crippen molar-refractivity contribution in [3.8, 4) is 0 Å². The highest BCUT2D eigenvalue weighted by atomic mass is 16.5. The van der Waals surface area contributed by atoms with Gasteiger partial charge in [0.05, 0.1) is 12.2 Å². The van der Waals surface area contributed by atoms with Gasteiger partial charge >= 0.3 is 5.97 Å². The molecule has 1 N–H and O–H groups in total. The van der Waals surface area contributed by atoms with Gasteiger partial charge in [-0.1, -0.05) is 12.1 Å². The van der Waals surface area contributed by atoms with Gasteiger partial charge in [0.15, 0.2) is 5.78 Å². The molecule has 2 aromatic rings. The largest absolute Gasteiger partial charge is 0.462 e. The number of allylic oxidation sites excluding steroid dienone is 1. The lowest BCUT2D eigenvalue weighted by molar-refractivity contribution is 0.0526. The molecule has 5 heteroatoms. The van der Waals surface area contributed by atoms with E-state index in [9.17, 15) is 9.59 Å². The lowest BCUT2D eigenvalue weighted by atomic mass is 10.1. The molecule has 0 spiro atoms. The number of nitrogens with one attached hydrogen (secondary N) is 1. The number of rotatable bonds is 5. The molecule has 0 aliphatic carbocycles. The Morgan fingerprint density at radius 3 is 2.55 bits per heavy atom. The van der Waals surface area contributed by atoms with E-state index < -0.39 is 5.97 Å². The maximum Gasteiger partial charge on any atom is 0.338 e. The van der Waals surface area contributed by atoms with Crippen LogP contribution in [0.2, 0.25) is 0 Å². The van der Waals surface area contributed by atoms with Crippen molar-refractivity contribution in [1.82, 2.24) is 9.97 Å². The van der Waals surface area contributed by atoms with Crippen LogP contribution in [0.3, 0.4) is 0 Å². The summed E-state index contributed by atoms with van der Waals surface area (Å²) in [6, 6.07) is 6.35. The second kappa shape index (κ2) is 6.47. The third-order valence-electron chi connectivity index (χ3n) is 2.59. The first-order valence-corrected chi connectivity index (χ1v) is 6.19. The first-order chi connectivity index (χ1) is 9.70. The monoisotopic (exact) mass is 270 g/mol. The van der Waals surface area contributed by atoms with Crippen LogP contribution in [0.4, 0.5) is 0 Å². The maximum atomic E-state index is 11.9. The molecular formula is C15H14N2O3. The Morgan fingerprint density at radius 1 is 1.25 bits per heavy atom. The summed E-state index contributed by atoms with van der Waals surface area (Å²) in [4.78, 5) is 30.2. The van der Waals surface area contributed by atoms with E-state index >= 15 is 0 Å². The van der Waals surface area contributed by atoms with E-state index in [-0.39, 0.29) is 5.78 Å². The molecule has 0 aliphatic rings. The fourth-order valence-corrected chi connectivity index (χ4v) is 1.60. The molecule has 0 atom stereocenters. The van der Waals surface area contributed by atoms with Gasteiger partial charge in [0.25, 0.3) is 0 Å². The van der Waals surface area contributed by atoms with Crippen molar-refractivity contribution < 1.29 is 14.3 Å². The number of carbonyl (C=O) groups is 2. The highest BCUT2D eigenvalue weighted by Crippen LogP contribution is 2.08. The van der Waals surface area contributed by atoms with Gasteiger partial charge < -0.3 is 9.72 Å². The molecule has 0 amide bonds. The van der Waals surface area contributed by atoms with Gasteiger partial charge in [-0.15, -0.1) is 0 Å². The number of imidazole rings is 1. The number of ether oxygens (including phenoxy) is 1. The zero-order valence-electron chi connectivity index (χ0n) is 11.0. The number of aromatic amines is 1. The van der Waals surface area contributed by atoms with E-state index in [0.717, 1.165) is 0 Å². The molecule has 0 unspecified atom stereocenters. The first-order valence-electron chi connectivity index (χ1n) is 6.19. The van der Waals surface area contributed by atoms with E-state index in [0.29, 0.717) is 23.6 Å². The van der Waals surface area contributed by atoms with Crippen LogP contribution in [-0.4, -0.2) is 28.3 Å². The number of nitrogens with zero attached hydrogens (tertiary/aromatic N) is 1. The van der Waals surface area contributed by atoms with E-state index in [1.165, 1.54) is 6.08 Å². The summed E-state index contributed by atoms with van der Waals surface area (Å²) >= 11 is 0. The van der Waals surface area contributed by atoms with Gasteiger partial charge in [-0.05, 0) is 31.2 Å². The topological polar surface area (TPSA) is 72.1 Å². The Bertz CT molecular complexity index is 613. The Kier molecular flexibility index (Phi) is 4.44. The molecule has 0 saturated heterocycles. The number of hydrogen-bond donors (Lipinski definition) is 1. The fraction of sp³-hybridized carbons (Fsp3) is 0.133. The minimum absolute atomic E-state index is 0.156. The van der Waals surface area contributed by atoms with Crippen LogP contribution >= 0.6 is 0 Å². The Hall–Kier alpha value is -2.69. The van der Waals surface area contributed by atoms with Gasteiger partial charge in [-0.3, -0.25) is 4.79 Å². The molecule has 2 rings (SSSR count). The summed E-state index contributed by atoms with van der Waals surface area (Å²) < 4.78 is 4.87. The molecule has 0 aliphatic heterocycles. The molecular weight excluding hydrogens is 256 g/mol. The quantitative estimate of drug-likeness (QED) is 0.514. The third kappa shape index (κ3) is 3.41. The summed E-state index contributed by atoms with van der Waals surface area (Å²) in [5, 5.41) is 0. The summed E-state index contributed by atoms with van der Waals surface area (Å²) in [6.45, 7) is 2.07. The van der Waals surface area contributed by atoms with Gasteiger partial charge in [0.1, 0.15) is 5.82 Å². The second-order valence-corrected chi connectivity index (χ2v) is 3.97. The molecule has 1 heterocycles. The molecule has 5 nitrogen and oxygen atoms in total. The number of aromatic nitrogens is 2. The van der Waals surface area contributed by atoms with Crippen molar-refractivity contribution in [3.63, 3.8) is 0 Å². The summed E-state index contributed by atoms with van der Waals surface area (Å²) in [5.41, 5.74) is 0.930. The van der Waals surface area contributed by atoms with Crippen LogP contribution in [0.25, 0.3) is 6.08 Å². The van der Waals surface area contributed by atoms with Gasteiger partial charge in [-0.25, -0.2) is 9.78 Å². The predicted molar refractivity (Wildman–Crippen MR) is 74.4 cm³/mol. The molecule has 20 heavy (non-hydrogen) atoms. The Morgan fingerprint density at radius 2 is 1.95 bits per heavy atom. The lowest BCUT2D eigenvalue weighted by Gasteiger charge is -2.02. The molecule has 0 fully saturated rings. The first kappa shape index (κ1) is 13.7. The SMILES string of the molecule is CCOC(=O)c1ccc(C(=O)C=Cc2ncc[nH]2)cc1. The van der Waals surface area contributed by atoms with Gasteiger partial charge in [0, 0.05) is 18.0 Å². The Labute approximate surface area is 116 Å². The minimum Gasteiger partial charge on any atom is -0.462 e. The van der Waals surface area contributed by atoms with Crippen molar-refractivity contribution >= 4 is 17.8 Å². The van der Waals surface area contributed by atoms with E-state index in [1.807, 2.05) is 0 Å².